The predicted octanol–water partition coefficient (Wildman–Crippen LogP) is 3.11. The molecular weight excluding hydrogens is 320 g/mol. The maximum Gasteiger partial charge on any atom is 0.245 e. The summed E-state index contributed by atoms with van der Waals surface area (Å²) in [6.07, 6.45) is 0. The van der Waals surface area contributed by atoms with Crippen molar-refractivity contribution in [2.45, 2.75) is 38.6 Å². The van der Waals surface area contributed by atoms with Crippen LogP contribution in [0.1, 0.15) is 26.3 Å². The molecule has 6 heteroatoms. The summed E-state index contributed by atoms with van der Waals surface area (Å²) in [6.45, 7) is 8.49. The van der Waals surface area contributed by atoms with Crippen LogP contribution in [-0.4, -0.2) is 41.6 Å². The molecule has 0 saturated carbocycles. The van der Waals surface area contributed by atoms with Gasteiger partial charge in [-0.1, -0.05) is 17.7 Å². The number of benzene rings is 1. The molecule has 1 unspecified atom stereocenters. The molecule has 0 heterocycles. The van der Waals surface area contributed by atoms with Gasteiger partial charge < -0.3 is 10.2 Å². The zero-order chi connectivity index (χ0) is 16.7. The van der Waals surface area contributed by atoms with Gasteiger partial charge in [-0.05, 0) is 38.5 Å². The minimum Gasteiger partial charge on any atom is -0.344 e. The van der Waals surface area contributed by atoms with Crippen molar-refractivity contribution in [3.8, 4) is 0 Å². The van der Waals surface area contributed by atoms with Crippen LogP contribution in [0.25, 0.3) is 0 Å². The standard InChI is InChI=1S/C16H23ClN2O2S/c1-5-19(6-2)16(21)15(18-12(4)20)10-22-13-8-7-11(3)14(17)9-13/h7-9,15H,5-6,10H2,1-4H3,(H,18,20). The summed E-state index contributed by atoms with van der Waals surface area (Å²) in [7, 11) is 0. The minimum atomic E-state index is -0.525. The molecule has 0 saturated heterocycles. The molecule has 2 amide bonds. The normalized spacial score (nSPS) is 11.9. The number of aryl methyl sites for hydroxylation is 1. The molecule has 0 bridgehead atoms. The summed E-state index contributed by atoms with van der Waals surface area (Å²) in [5.74, 6) is 0.229. The second kappa shape index (κ2) is 9.06. The van der Waals surface area contributed by atoms with Crippen LogP contribution < -0.4 is 5.32 Å². The molecule has 0 aliphatic heterocycles. The molecule has 0 aliphatic carbocycles. The quantitative estimate of drug-likeness (QED) is 0.774. The third-order valence-corrected chi connectivity index (χ3v) is 4.81. The van der Waals surface area contributed by atoms with E-state index in [0.717, 1.165) is 10.5 Å². The smallest absolute Gasteiger partial charge is 0.245 e. The Kier molecular flexibility index (Phi) is 7.76. The second-order valence-electron chi connectivity index (χ2n) is 4.99. The molecule has 1 aromatic rings. The Morgan fingerprint density at radius 3 is 2.45 bits per heavy atom. The molecule has 0 aliphatic rings. The van der Waals surface area contributed by atoms with Crippen molar-refractivity contribution in [1.82, 2.24) is 10.2 Å². The Hall–Kier alpha value is -1.20. The summed E-state index contributed by atoms with van der Waals surface area (Å²) in [4.78, 5) is 26.5. The lowest BCUT2D eigenvalue weighted by atomic mass is 10.2. The van der Waals surface area contributed by atoms with Crippen molar-refractivity contribution in [1.29, 1.82) is 0 Å². The first-order valence-electron chi connectivity index (χ1n) is 7.33. The highest BCUT2D eigenvalue weighted by Crippen LogP contribution is 2.25. The number of hydrogen-bond donors (Lipinski definition) is 1. The largest absolute Gasteiger partial charge is 0.344 e. The number of carbonyl (C=O) groups is 2. The highest BCUT2D eigenvalue weighted by molar-refractivity contribution is 7.99. The van der Waals surface area contributed by atoms with Crippen molar-refractivity contribution < 1.29 is 9.59 Å². The third kappa shape index (κ3) is 5.54. The summed E-state index contributed by atoms with van der Waals surface area (Å²) in [5.41, 5.74) is 1.02. The molecule has 0 radical (unpaired) electrons. The third-order valence-electron chi connectivity index (χ3n) is 3.31. The molecule has 122 valence electrons. The van der Waals surface area contributed by atoms with Crippen molar-refractivity contribution in [3.63, 3.8) is 0 Å². The van der Waals surface area contributed by atoms with E-state index < -0.39 is 6.04 Å². The number of halogens is 1. The van der Waals surface area contributed by atoms with Gasteiger partial charge >= 0.3 is 0 Å². The number of amides is 2. The zero-order valence-corrected chi connectivity index (χ0v) is 15.1. The van der Waals surface area contributed by atoms with E-state index >= 15 is 0 Å². The first-order chi connectivity index (χ1) is 10.4. The molecule has 1 atom stereocenters. The number of rotatable bonds is 7. The van der Waals surface area contributed by atoms with Gasteiger partial charge in [0.1, 0.15) is 6.04 Å². The molecule has 1 rings (SSSR count). The van der Waals surface area contributed by atoms with Crippen molar-refractivity contribution >= 4 is 35.2 Å². The summed E-state index contributed by atoms with van der Waals surface area (Å²) in [6, 6.07) is 5.28. The lowest BCUT2D eigenvalue weighted by Gasteiger charge is -2.25. The van der Waals surface area contributed by atoms with Crippen LogP contribution in [0.3, 0.4) is 0 Å². The van der Waals surface area contributed by atoms with Gasteiger partial charge in [0.25, 0.3) is 0 Å². The van der Waals surface area contributed by atoms with Gasteiger partial charge in [0.15, 0.2) is 0 Å². The Bertz CT molecular complexity index is 533. The van der Waals surface area contributed by atoms with Crippen molar-refractivity contribution in [3.05, 3.63) is 28.8 Å². The summed E-state index contributed by atoms with van der Waals surface area (Å²) in [5, 5.41) is 3.45. The number of thioether (sulfide) groups is 1. The predicted molar refractivity (Wildman–Crippen MR) is 92.4 cm³/mol. The van der Waals surface area contributed by atoms with Crippen LogP contribution in [0.2, 0.25) is 5.02 Å². The molecule has 22 heavy (non-hydrogen) atoms. The first kappa shape index (κ1) is 18.8. The maximum absolute atomic E-state index is 12.5. The SMILES string of the molecule is CCN(CC)C(=O)C(CSc1ccc(C)c(Cl)c1)NC(C)=O. The number of nitrogens with zero attached hydrogens (tertiary/aromatic N) is 1. The topological polar surface area (TPSA) is 49.4 Å². The van der Waals surface area contributed by atoms with Gasteiger partial charge in [-0.2, -0.15) is 0 Å². The lowest BCUT2D eigenvalue weighted by Crippen LogP contribution is -2.49. The molecule has 0 aromatic heterocycles. The molecule has 4 nitrogen and oxygen atoms in total. The average molecular weight is 343 g/mol. The molecule has 0 fully saturated rings. The Balaban J connectivity index is 2.78. The maximum atomic E-state index is 12.5. The van der Waals surface area contributed by atoms with E-state index in [-0.39, 0.29) is 11.8 Å². The fourth-order valence-corrected chi connectivity index (χ4v) is 3.21. The van der Waals surface area contributed by atoms with Crippen molar-refractivity contribution in [2.24, 2.45) is 0 Å². The van der Waals surface area contributed by atoms with E-state index in [0.29, 0.717) is 23.9 Å². The summed E-state index contributed by atoms with van der Waals surface area (Å²) < 4.78 is 0. The van der Waals surface area contributed by atoms with Gasteiger partial charge in [0.2, 0.25) is 11.8 Å². The van der Waals surface area contributed by atoms with Crippen molar-refractivity contribution in [2.75, 3.05) is 18.8 Å². The molecule has 1 N–H and O–H groups in total. The van der Waals surface area contributed by atoms with Crippen LogP contribution in [0.4, 0.5) is 0 Å². The van der Waals surface area contributed by atoms with Gasteiger partial charge in [-0.3, -0.25) is 9.59 Å². The molecule has 0 spiro atoms. The lowest BCUT2D eigenvalue weighted by molar-refractivity contribution is -0.135. The monoisotopic (exact) mass is 342 g/mol. The van der Waals surface area contributed by atoms with E-state index in [1.54, 1.807) is 4.90 Å². The van der Waals surface area contributed by atoms with Gasteiger partial charge in [-0.25, -0.2) is 0 Å². The first-order valence-corrected chi connectivity index (χ1v) is 8.70. The van der Waals surface area contributed by atoms with Crippen LogP contribution in [0.15, 0.2) is 23.1 Å². The van der Waals surface area contributed by atoms with Gasteiger partial charge in [0.05, 0.1) is 0 Å². The van der Waals surface area contributed by atoms with Gasteiger partial charge in [0, 0.05) is 35.7 Å². The van der Waals surface area contributed by atoms with E-state index in [1.807, 2.05) is 39.0 Å². The Labute approximate surface area is 141 Å². The Morgan fingerprint density at radius 2 is 1.95 bits per heavy atom. The van der Waals surface area contributed by atoms with E-state index in [2.05, 4.69) is 5.32 Å². The fourth-order valence-electron chi connectivity index (χ4n) is 2.02. The minimum absolute atomic E-state index is 0.0501. The number of likely N-dealkylation sites (N-methyl/N-ethyl adjacent to an activating group) is 1. The van der Waals surface area contributed by atoms with Gasteiger partial charge in [-0.15, -0.1) is 11.8 Å². The number of nitrogens with one attached hydrogen (secondary N) is 1. The summed E-state index contributed by atoms with van der Waals surface area (Å²) >= 11 is 7.63. The highest BCUT2D eigenvalue weighted by atomic mass is 35.5. The van der Waals surface area contributed by atoms with E-state index in [9.17, 15) is 9.59 Å². The molecular formula is C16H23ClN2O2S. The van der Waals surface area contributed by atoms with E-state index in [4.69, 9.17) is 11.6 Å². The highest BCUT2D eigenvalue weighted by Gasteiger charge is 2.23. The fraction of sp³-hybridized carbons (Fsp3) is 0.500. The van der Waals surface area contributed by atoms with Crippen LogP contribution >= 0.6 is 23.4 Å². The average Bonchev–Trinajstić information content (AvgIpc) is 2.47. The zero-order valence-electron chi connectivity index (χ0n) is 13.5. The van der Waals surface area contributed by atoms with Crippen LogP contribution in [0.5, 0.6) is 0 Å². The number of carbonyl (C=O) groups excluding carboxylic acids is 2. The van der Waals surface area contributed by atoms with E-state index in [1.165, 1.54) is 18.7 Å². The second-order valence-corrected chi connectivity index (χ2v) is 6.49. The Morgan fingerprint density at radius 1 is 1.32 bits per heavy atom. The number of hydrogen-bond acceptors (Lipinski definition) is 3. The van der Waals surface area contributed by atoms with Crippen LogP contribution in [0, 0.1) is 6.92 Å². The van der Waals surface area contributed by atoms with Crippen LogP contribution in [-0.2, 0) is 9.59 Å². The molecule has 1 aromatic carbocycles.